The third-order valence-corrected chi connectivity index (χ3v) is 3.00. The van der Waals surface area contributed by atoms with Gasteiger partial charge < -0.3 is 0 Å². The van der Waals surface area contributed by atoms with Gasteiger partial charge >= 0.3 is 0 Å². The van der Waals surface area contributed by atoms with Gasteiger partial charge in [-0.05, 0) is 32.9 Å². The van der Waals surface area contributed by atoms with Crippen LogP contribution in [-0.2, 0) is 0 Å². The summed E-state index contributed by atoms with van der Waals surface area (Å²) in [5, 5.41) is 0. The summed E-state index contributed by atoms with van der Waals surface area (Å²) in [6.07, 6.45) is 0. The molecule has 1 aromatic rings. The van der Waals surface area contributed by atoms with E-state index >= 15 is 0 Å². The molecular weight excluding hydrogens is 212 g/mol. The van der Waals surface area contributed by atoms with Gasteiger partial charge in [0.1, 0.15) is 0 Å². The molecule has 14 heavy (non-hydrogen) atoms. The van der Waals surface area contributed by atoms with Crippen molar-refractivity contribution in [1.82, 2.24) is 4.13 Å². The normalized spacial score (nSPS) is 11.4. The van der Waals surface area contributed by atoms with Crippen LogP contribution in [0.3, 0.4) is 0 Å². The van der Waals surface area contributed by atoms with Gasteiger partial charge in [-0.1, -0.05) is 31.0 Å². The molecule has 1 aromatic carbocycles. The third kappa shape index (κ3) is 3.12. The van der Waals surface area contributed by atoms with Crippen molar-refractivity contribution in [1.29, 1.82) is 0 Å². The van der Waals surface area contributed by atoms with Crippen LogP contribution in [0.4, 0.5) is 5.69 Å². The molecule has 0 aliphatic carbocycles. The van der Waals surface area contributed by atoms with Gasteiger partial charge in [-0.15, -0.1) is 0 Å². The van der Waals surface area contributed by atoms with Gasteiger partial charge in [-0.3, -0.25) is 4.31 Å². The third-order valence-electron chi connectivity index (χ3n) is 1.73. The van der Waals surface area contributed by atoms with Crippen molar-refractivity contribution in [2.75, 3.05) is 4.31 Å². The Morgan fingerprint density at radius 2 is 1.79 bits per heavy atom. The Morgan fingerprint density at radius 3 is 2.21 bits per heavy atom. The van der Waals surface area contributed by atoms with Crippen LogP contribution in [0.5, 0.6) is 0 Å². The summed E-state index contributed by atoms with van der Waals surface area (Å²) in [5.74, 6) is 0. The van der Waals surface area contributed by atoms with E-state index in [2.05, 4.69) is 54.2 Å². The topological polar surface area (TPSA) is 15.3 Å². The van der Waals surface area contributed by atoms with E-state index in [0.29, 0.717) is 0 Å². The molecule has 1 N–H and O–H groups in total. The number of para-hydroxylation sites is 1. The highest BCUT2D eigenvalue weighted by Crippen LogP contribution is 2.29. The fraction of sp³-hybridized carbons (Fsp3) is 0.400. The highest BCUT2D eigenvalue weighted by atomic mass is 32.2. The van der Waals surface area contributed by atoms with E-state index in [-0.39, 0.29) is 5.54 Å². The van der Waals surface area contributed by atoms with E-state index < -0.39 is 0 Å². The molecule has 0 heterocycles. The number of nitrogens with zero attached hydrogens (tertiary/aromatic N) is 1. The Hall–Kier alpha value is -0.320. The van der Waals surface area contributed by atoms with Crippen molar-refractivity contribution in [2.45, 2.75) is 26.3 Å². The predicted molar refractivity (Wildman–Crippen MR) is 68.4 cm³/mol. The summed E-state index contributed by atoms with van der Waals surface area (Å²) in [5.41, 5.74) is 1.23. The van der Waals surface area contributed by atoms with Gasteiger partial charge in [0.05, 0.1) is 0 Å². The van der Waals surface area contributed by atoms with Crippen LogP contribution in [0.15, 0.2) is 30.3 Å². The van der Waals surface area contributed by atoms with E-state index in [1.54, 1.807) is 0 Å². The van der Waals surface area contributed by atoms with E-state index in [0.717, 1.165) is 0 Å². The van der Waals surface area contributed by atoms with Crippen molar-refractivity contribution in [3.8, 4) is 0 Å². The maximum Gasteiger partial charge on any atom is 0.0488 e. The van der Waals surface area contributed by atoms with Gasteiger partial charge in [0.25, 0.3) is 0 Å². The first-order valence-corrected chi connectivity index (χ1v) is 5.69. The van der Waals surface area contributed by atoms with Crippen molar-refractivity contribution in [2.24, 2.45) is 0 Å². The van der Waals surface area contributed by atoms with E-state index in [1.807, 2.05) is 18.2 Å². The number of benzene rings is 1. The lowest BCUT2D eigenvalue weighted by Crippen LogP contribution is -2.37. The first-order valence-electron chi connectivity index (χ1n) is 4.47. The maximum atomic E-state index is 4.01. The molecule has 0 aliphatic rings. The van der Waals surface area contributed by atoms with Crippen LogP contribution in [0, 0.1) is 0 Å². The van der Waals surface area contributed by atoms with Crippen LogP contribution in [0.1, 0.15) is 20.8 Å². The molecule has 0 atom stereocenters. The Balaban J connectivity index is 2.89. The number of anilines is 1. The lowest BCUT2D eigenvalue weighted by Gasteiger charge is -2.35. The second-order valence-electron chi connectivity index (χ2n) is 3.98. The summed E-state index contributed by atoms with van der Waals surface area (Å²) < 4.78 is 4.99. The lowest BCUT2D eigenvalue weighted by molar-refractivity contribution is 0.589. The van der Waals surface area contributed by atoms with Crippen LogP contribution in [0.2, 0.25) is 0 Å². The van der Waals surface area contributed by atoms with Crippen LogP contribution < -0.4 is 8.43 Å². The Kier molecular flexibility index (Phi) is 4.16. The van der Waals surface area contributed by atoms with Gasteiger partial charge in [-0.25, -0.2) is 0 Å². The van der Waals surface area contributed by atoms with Crippen LogP contribution >= 0.6 is 24.9 Å². The number of thiol groups is 1. The highest BCUT2D eigenvalue weighted by Gasteiger charge is 2.21. The summed E-state index contributed by atoms with van der Waals surface area (Å²) in [6, 6.07) is 10.3. The monoisotopic (exact) mass is 228 g/mol. The van der Waals surface area contributed by atoms with Crippen molar-refractivity contribution < 1.29 is 0 Å². The van der Waals surface area contributed by atoms with Crippen LogP contribution in [0.25, 0.3) is 0 Å². The average molecular weight is 228 g/mol. The van der Waals surface area contributed by atoms with Gasteiger partial charge in [0, 0.05) is 23.4 Å². The molecular formula is C10H16N2S2. The SMILES string of the molecule is CC(C)(C)N(SNS)c1ccccc1. The van der Waals surface area contributed by atoms with Crippen molar-refractivity contribution in [3.05, 3.63) is 30.3 Å². The Morgan fingerprint density at radius 1 is 1.21 bits per heavy atom. The molecule has 0 saturated heterocycles. The smallest absolute Gasteiger partial charge is 0.0488 e. The molecule has 0 fully saturated rings. The van der Waals surface area contributed by atoms with Gasteiger partial charge in [0.15, 0.2) is 0 Å². The fourth-order valence-corrected chi connectivity index (χ4v) is 2.01. The van der Waals surface area contributed by atoms with Crippen molar-refractivity contribution >= 4 is 30.6 Å². The predicted octanol–water partition coefficient (Wildman–Crippen LogP) is 3.29. The number of hydrogen-bond donors (Lipinski definition) is 2. The Bertz CT molecular complexity index is 269. The molecule has 0 aliphatic heterocycles. The first kappa shape index (κ1) is 11.8. The van der Waals surface area contributed by atoms with Crippen LogP contribution in [-0.4, -0.2) is 5.54 Å². The van der Waals surface area contributed by atoms with E-state index in [4.69, 9.17) is 0 Å². The molecule has 0 bridgehead atoms. The molecule has 78 valence electrons. The standard InChI is InChI=1S/C10H16N2S2/c1-10(2,3)12(14-11-13)9-7-5-4-6-8-9/h4-8,11,13H,1-3H3. The summed E-state index contributed by atoms with van der Waals surface area (Å²) >= 11 is 5.50. The molecule has 4 heteroatoms. The molecule has 0 radical (unpaired) electrons. The quantitative estimate of drug-likeness (QED) is 0.610. The molecule has 0 aromatic heterocycles. The summed E-state index contributed by atoms with van der Waals surface area (Å²) in [6.45, 7) is 6.49. The minimum Gasteiger partial charge on any atom is -0.297 e. The molecule has 0 unspecified atom stereocenters. The fourth-order valence-electron chi connectivity index (χ4n) is 1.18. The minimum absolute atomic E-state index is 0.0573. The molecule has 0 saturated carbocycles. The zero-order chi connectivity index (χ0) is 10.6. The van der Waals surface area contributed by atoms with E-state index in [9.17, 15) is 0 Å². The highest BCUT2D eigenvalue weighted by molar-refractivity contribution is 8.07. The van der Waals surface area contributed by atoms with Gasteiger partial charge in [0.2, 0.25) is 0 Å². The number of nitrogens with one attached hydrogen (secondary N) is 1. The molecule has 0 spiro atoms. The largest absolute Gasteiger partial charge is 0.297 e. The summed E-state index contributed by atoms with van der Waals surface area (Å²) in [7, 11) is 0. The van der Waals surface area contributed by atoms with Gasteiger partial charge in [-0.2, -0.15) is 4.13 Å². The first-order chi connectivity index (χ1) is 6.55. The average Bonchev–Trinajstić information content (AvgIpc) is 2.14. The Labute approximate surface area is 95.9 Å². The second kappa shape index (κ2) is 4.96. The molecule has 1 rings (SSSR count). The summed E-state index contributed by atoms with van der Waals surface area (Å²) in [4.78, 5) is 0. The zero-order valence-electron chi connectivity index (χ0n) is 8.69. The zero-order valence-corrected chi connectivity index (χ0v) is 10.4. The number of hydrogen-bond acceptors (Lipinski definition) is 4. The molecule has 2 nitrogen and oxygen atoms in total. The maximum absolute atomic E-state index is 4.01. The molecule has 0 amide bonds. The minimum atomic E-state index is 0.0573. The lowest BCUT2D eigenvalue weighted by atomic mass is 10.1. The number of rotatable bonds is 3. The van der Waals surface area contributed by atoms with Crippen molar-refractivity contribution in [3.63, 3.8) is 0 Å². The van der Waals surface area contributed by atoms with E-state index in [1.165, 1.54) is 17.8 Å². The second-order valence-corrected chi connectivity index (χ2v) is 5.26.